The molecule has 36 heavy (non-hydrogen) atoms. The number of halogens is 4. The van der Waals surface area contributed by atoms with E-state index in [2.05, 4.69) is 0 Å². The number of carbonyl (C=O) groups excluding carboxylic acids is 1. The first-order chi connectivity index (χ1) is 17.2. The van der Waals surface area contributed by atoms with Gasteiger partial charge in [0.25, 0.3) is 0 Å². The first-order valence-corrected chi connectivity index (χ1v) is 11.6. The quantitative estimate of drug-likeness (QED) is 0.339. The van der Waals surface area contributed by atoms with Crippen LogP contribution in [0.1, 0.15) is 21.5 Å². The summed E-state index contributed by atoms with van der Waals surface area (Å²) in [6.07, 6.45) is -4.39. The lowest BCUT2D eigenvalue weighted by molar-refractivity contribution is -0.137. The maximum atomic E-state index is 13.1. The van der Waals surface area contributed by atoms with Crippen LogP contribution in [0.2, 0.25) is 5.02 Å². The molecule has 0 N–H and O–H groups in total. The van der Waals surface area contributed by atoms with Crippen molar-refractivity contribution in [3.8, 4) is 0 Å². The monoisotopic (exact) mass is 515 g/mol. The molecule has 1 aliphatic heterocycles. The third-order valence-electron chi connectivity index (χ3n) is 6.29. The zero-order chi connectivity index (χ0) is 25.4. The fourth-order valence-electron chi connectivity index (χ4n) is 4.33. The second-order valence-corrected chi connectivity index (χ2v) is 9.05. The highest BCUT2D eigenvalue weighted by Gasteiger charge is 2.31. The molecule has 0 radical (unpaired) electrons. The van der Waals surface area contributed by atoms with E-state index in [0.29, 0.717) is 59.1 Å². The summed E-state index contributed by atoms with van der Waals surface area (Å²) in [5.74, 6) is -0.745. The van der Waals surface area contributed by atoms with Gasteiger partial charge in [0.15, 0.2) is 11.4 Å². The van der Waals surface area contributed by atoms with Crippen molar-refractivity contribution in [1.29, 1.82) is 0 Å². The molecular weight excluding hydrogens is 495 g/mol. The van der Waals surface area contributed by atoms with Crippen molar-refractivity contribution >= 4 is 34.2 Å². The maximum absolute atomic E-state index is 13.1. The Labute approximate surface area is 209 Å². The van der Waals surface area contributed by atoms with E-state index < -0.39 is 17.5 Å². The van der Waals surface area contributed by atoms with Crippen molar-refractivity contribution in [1.82, 2.24) is 9.47 Å². The van der Waals surface area contributed by atoms with Gasteiger partial charge in [0.05, 0.1) is 17.7 Å². The van der Waals surface area contributed by atoms with Gasteiger partial charge >= 0.3 is 11.9 Å². The standard InChI is InChI=1S/C26H21ClF3N3O3/c27-20-7-4-17(5-8-20)24(34)18-6-9-23-22(14-18)33(25(35)36-23)16-31-10-12-32(13-11-31)21-3-1-2-19(15-21)26(28,29)30/h1-9,14-15H,10-13,16H2. The number of piperazine rings is 1. The fraction of sp³-hybridized carbons (Fsp3) is 0.231. The molecule has 0 aliphatic carbocycles. The number of carbonyl (C=O) groups is 1. The van der Waals surface area contributed by atoms with Crippen molar-refractivity contribution in [3.05, 3.63) is 99.0 Å². The molecule has 2 heterocycles. The molecule has 5 rings (SSSR count). The lowest BCUT2D eigenvalue weighted by Crippen LogP contribution is -2.47. The molecule has 1 saturated heterocycles. The number of fused-ring (bicyclic) bond motifs is 1. The number of aromatic nitrogens is 1. The summed E-state index contributed by atoms with van der Waals surface area (Å²) in [5.41, 5.74) is 1.59. The Morgan fingerprint density at radius 3 is 2.31 bits per heavy atom. The van der Waals surface area contributed by atoms with Gasteiger partial charge in [-0.25, -0.2) is 4.79 Å². The molecule has 4 aromatic rings. The van der Waals surface area contributed by atoms with Crippen LogP contribution in [0.5, 0.6) is 0 Å². The van der Waals surface area contributed by atoms with Crippen LogP contribution < -0.4 is 10.7 Å². The van der Waals surface area contributed by atoms with E-state index in [1.54, 1.807) is 48.5 Å². The first kappa shape index (κ1) is 24.1. The molecule has 0 spiro atoms. The highest BCUT2D eigenvalue weighted by molar-refractivity contribution is 6.30. The highest BCUT2D eigenvalue weighted by atomic mass is 35.5. The molecule has 1 aromatic heterocycles. The van der Waals surface area contributed by atoms with Gasteiger partial charge in [-0.05, 0) is 60.7 Å². The Morgan fingerprint density at radius 2 is 1.61 bits per heavy atom. The summed E-state index contributed by atoms with van der Waals surface area (Å²) in [5, 5.41) is 0.527. The fourth-order valence-corrected chi connectivity index (χ4v) is 4.46. The van der Waals surface area contributed by atoms with Gasteiger partial charge in [0, 0.05) is 48.0 Å². The molecule has 186 valence electrons. The number of hydrogen-bond acceptors (Lipinski definition) is 5. The van der Waals surface area contributed by atoms with Crippen molar-refractivity contribution in [2.75, 3.05) is 31.1 Å². The molecule has 0 unspecified atom stereocenters. The zero-order valence-corrected chi connectivity index (χ0v) is 19.7. The van der Waals surface area contributed by atoms with Crippen LogP contribution in [0, 0.1) is 0 Å². The van der Waals surface area contributed by atoms with E-state index in [0.717, 1.165) is 12.1 Å². The third-order valence-corrected chi connectivity index (χ3v) is 6.54. The topological polar surface area (TPSA) is 58.7 Å². The number of hydrogen-bond donors (Lipinski definition) is 0. The van der Waals surface area contributed by atoms with Gasteiger partial charge < -0.3 is 9.32 Å². The molecule has 1 fully saturated rings. The van der Waals surface area contributed by atoms with Crippen LogP contribution in [-0.2, 0) is 12.8 Å². The lowest BCUT2D eigenvalue weighted by Gasteiger charge is -2.36. The van der Waals surface area contributed by atoms with E-state index in [1.807, 2.05) is 9.80 Å². The van der Waals surface area contributed by atoms with Gasteiger partial charge in [0.1, 0.15) is 0 Å². The van der Waals surface area contributed by atoms with Crippen LogP contribution in [0.4, 0.5) is 18.9 Å². The third kappa shape index (κ3) is 4.89. The predicted octanol–water partition coefficient (Wildman–Crippen LogP) is 5.28. The molecule has 0 bridgehead atoms. The number of oxazole rings is 1. The van der Waals surface area contributed by atoms with Crippen LogP contribution in [0.15, 0.2) is 75.9 Å². The average Bonchev–Trinajstić information content (AvgIpc) is 3.18. The summed E-state index contributed by atoms with van der Waals surface area (Å²) < 4.78 is 46.0. The normalized spacial score (nSPS) is 14.9. The summed E-state index contributed by atoms with van der Waals surface area (Å²) in [7, 11) is 0. The van der Waals surface area contributed by atoms with Gasteiger partial charge in [-0.1, -0.05) is 17.7 Å². The first-order valence-electron chi connectivity index (χ1n) is 11.3. The molecule has 10 heteroatoms. The molecule has 0 saturated carbocycles. The Morgan fingerprint density at radius 1 is 0.917 bits per heavy atom. The van der Waals surface area contributed by atoms with E-state index >= 15 is 0 Å². The van der Waals surface area contributed by atoms with E-state index in [1.165, 1.54) is 10.6 Å². The van der Waals surface area contributed by atoms with E-state index in [9.17, 15) is 22.8 Å². The number of benzene rings is 3. The molecule has 6 nitrogen and oxygen atoms in total. The second-order valence-electron chi connectivity index (χ2n) is 8.61. The Kier molecular flexibility index (Phi) is 6.36. The van der Waals surface area contributed by atoms with Crippen LogP contribution >= 0.6 is 11.6 Å². The SMILES string of the molecule is O=C(c1ccc(Cl)cc1)c1ccc2oc(=O)n(CN3CCN(c4cccc(C(F)(F)F)c4)CC3)c2c1. The van der Waals surface area contributed by atoms with Crippen molar-refractivity contribution < 1.29 is 22.4 Å². The van der Waals surface area contributed by atoms with Crippen molar-refractivity contribution in [3.63, 3.8) is 0 Å². The van der Waals surface area contributed by atoms with Crippen LogP contribution in [-0.4, -0.2) is 41.4 Å². The summed E-state index contributed by atoms with van der Waals surface area (Å²) in [6, 6.07) is 16.7. The minimum absolute atomic E-state index is 0.205. The summed E-state index contributed by atoms with van der Waals surface area (Å²) in [4.78, 5) is 29.4. The number of rotatable bonds is 5. The number of nitrogens with zero attached hydrogens (tertiary/aromatic N) is 3. The van der Waals surface area contributed by atoms with Crippen molar-refractivity contribution in [2.24, 2.45) is 0 Å². The Bertz CT molecular complexity index is 1470. The molecule has 1 aliphatic rings. The molecule has 0 atom stereocenters. The van der Waals surface area contributed by atoms with E-state index in [4.69, 9.17) is 16.0 Å². The van der Waals surface area contributed by atoms with Crippen molar-refractivity contribution in [2.45, 2.75) is 12.8 Å². The maximum Gasteiger partial charge on any atom is 0.421 e. The smallest absolute Gasteiger partial charge is 0.408 e. The molecular formula is C26H21ClF3N3O3. The van der Waals surface area contributed by atoms with E-state index in [-0.39, 0.29) is 12.5 Å². The van der Waals surface area contributed by atoms with Gasteiger partial charge in [-0.2, -0.15) is 13.2 Å². The van der Waals surface area contributed by atoms with Gasteiger partial charge in [-0.3, -0.25) is 14.3 Å². The zero-order valence-electron chi connectivity index (χ0n) is 19.0. The minimum atomic E-state index is -4.39. The minimum Gasteiger partial charge on any atom is -0.408 e. The largest absolute Gasteiger partial charge is 0.421 e. The lowest BCUT2D eigenvalue weighted by atomic mass is 10.0. The summed E-state index contributed by atoms with van der Waals surface area (Å²) in [6.45, 7) is 2.33. The Hall–Kier alpha value is -3.56. The number of anilines is 1. The highest BCUT2D eigenvalue weighted by Crippen LogP contribution is 2.32. The summed E-state index contributed by atoms with van der Waals surface area (Å²) >= 11 is 5.91. The number of alkyl halides is 3. The molecule has 0 amide bonds. The van der Waals surface area contributed by atoms with Gasteiger partial charge in [-0.15, -0.1) is 0 Å². The number of ketones is 1. The predicted molar refractivity (Wildman–Crippen MR) is 131 cm³/mol. The van der Waals surface area contributed by atoms with Crippen LogP contribution in [0.3, 0.4) is 0 Å². The molecule has 3 aromatic carbocycles. The van der Waals surface area contributed by atoms with Gasteiger partial charge in [0.2, 0.25) is 0 Å². The average molecular weight is 516 g/mol. The Balaban J connectivity index is 1.32. The van der Waals surface area contributed by atoms with Crippen LogP contribution in [0.25, 0.3) is 11.1 Å². The second kappa shape index (κ2) is 9.48.